The summed E-state index contributed by atoms with van der Waals surface area (Å²) in [6, 6.07) is 12.6. The van der Waals surface area contributed by atoms with Crippen LogP contribution in [0.4, 0.5) is 0 Å². The molecule has 1 amide bonds. The van der Waals surface area contributed by atoms with E-state index in [4.69, 9.17) is 9.84 Å². The minimum atomic E-state index is -0.439. The molecule has 1 aromatic heterocycles. The molecule has 0 saturated carbocycles. The predicted octanol–water partition coefficient (Wildman–Crippen LogP) is 2.37. The highest BCUT2D eigenvalue weighted by Crippen LogP contribution is 2.20. The van der Waals surface area contributed by atoms with E-state index in [1.165, 1.54) is 6.20 Å². The Morgan fingerprint density at radius 3 is 2.76 bits per heavy atom. The quantitative estimate of drug-likeness (QED) is 0.855. The van der Waals surface area contributed by atoms with Gasteiger partial charge in [0.25, 0.3) is 5.91 Å². The largest absolute Gasteiger partial charge is 0.457 e. The molecular weight excluding hydrogens is 268 g/mol. The fourth-order valence-corrected chi connectivity index (χ4v) is 1.71. The van der Waals surface area contributed by atoms with E-state index in [1.54, 1.807) is 19.1 Å². The van der Waals surface area contributed by atoms with Crippen molar-refractivity contribution in [3.63, 3.8) is 0 Å². The number of nitrogens with one attached hydrogen (secondary N) is 1. The van der Waals surface area contributed by atoms with Crippen molar-refractivity contribution >= 4 is 5.91 Å². The van der Waals surface area contributed by atoms with Crippen LogP contribution in [0, 0.1) is 0 Å². The number of hydrogen-bond acceptors (Lipinski definition) is 4. The third kappa shape index (κ3) is 4.89. The maximum absolute atomic E-state index is 11.9. The van der Waals surface area contributed by atoms with Crippen molar-refractivity contribution in [2.75, 3.05) is 6.54 Å². The number of para-hydroxylation sites is 1. The number of aliphatic hydroxyl groups excluding tert-OH is 1. The molecule has 2 N–H and O–H groups in total. The number of carbonyl (C=O) groups is 1. The summed E-state index contributed by atoms with van der Waals surface area (Å²) < 4.78 is 5.65. The lowest BCUT2D eigenvalue weighted by Crippen LogP contribution is -2.27. The van der Waals surface area contributed by atoms with Crippen molar-refractivity contribution in [3.8, 4) is 11.5 Å². The van der Waals surface area contributed by atoms with Crippen LogP contribution in [0.5, 0.6) is 11.5 Å². The van der Waals surface area contributed by atoms with E-state index in [-0.39, 0.29) is 11.6 Å². The minimum Gasteiger partial charge on any atom is -0.457 e. The minimum absolute atomic E-state index is 0.283. The zero-order valence-corrected chi connectivity index (χ0v) is 11.8. The molecule has 21 heavy (non-hydrogen) atoms. The number of hydrogen-bond donors (Lipinski definition) is 2. The van der Waals surface area contributed by atoms with Gasteiger partial charge in [-0.15, -0.1) is 0 Å². The molecule has 1 unspecified atom stereocenters. The number of nitrogens with zero attached hydrogens (tertiary/aromatic N) is 1. The third-order valence-electron chi connectivity index (χ3n) is 2.79. The Balaban J connectivity index is 1.98. The zero-order valence-electron chi connectivity index (χ0n) is 11.8. The summed E-state index contributed by atoms with van der Waals surface area (Å²) in [6.45, 7) is 2.08. The van der Waals surface area contributed by atoms with Crippen molar-refractivity contribution in [3.05, 3.63) is 54.4 Å². The van der Waals surface area contributed by atoms with E-state index in [0.29, 0.717) is 24.5 Å². The van der Waals surface area contributed by atoms with Gasteiger partial charge >= 0.3 is 0 Å². The number of rotatable bonds is 6. The van der Waals surface area contributed by atoms with Gasteiger partial charge in [0.2, 0.25) is 0 Å². The fraction of sp³-hybridized carbons (Fsp3) is 0.250. The van der Waals surface area contributed by atoms with Gasteiger partial charge in [0, 0.05) is 18.8 Å². The monoisotopic (exact) mass is 286 g/mol. The summed E-state index contributed by atoms with van der Waals surface area (Å²) in [5.74, 6) is 0.968. The lowest BCUT2D eigenvalue weighted by atomic mass is 10.2. The van der Waals surface area contributed by atoms with E-state index in [9.17, 15) is 4.79 Å². The highest BCUT2D eigenvalue weighted by atomic mass is 16.5. The fourth-order valence-electron chi connectivity index (χ4n) is 1.71. The Hall–Kier alpha value is -2.40. The topological polar surface area (TPSA) is 71.5 Å². The normalized spacial score (nSPS) is 11.7. The predicted molar refractivity (Wildman–Crippen MR) is 79.4 cm³/mol. The van der Waals surface area contributed by atoms with Crippen LogP contribution in [0.1, 0.15) is 23.8 Å². The molecule has 0 saturated heterocycles. The standard InChI is InChI=1S/C16H18N2O3/c1-12(19)7-9-18-16(20)15-11-14(8-10-17-15)21-13-5-3-2-4-6-13/h2-6,8,10-12,19H,7,9H2,1H3,(H,18,20). The molecule has 2 aromatic rings. The number of ether oxygens (including phenoxy) is 1. The first-order valence-electron chi connectivity index (χ1n) is 6.80. The van der Waals surface area contributed by atoms with Crippen molar-refractivity contribution < 1.29 is 14.6 Å². The van der Waals surface area contributed by atoms with E-state index < -0.39 is 6.10 Å². The summed E-state index contributed by atoms with van der Waals surface area (Å²) >= 11 is 0. The van der Waals surface area contributed by atoms with E-state index in [2.05, 4.69) is 10.3 Å². The molecule has 5 nitrogen and oxygen atoms in total. The molecule has 1 aromatic carbocycles. The maximum atomic E-state index is 11.9. The summed E-state index contributed by atoms with van der Waals surface area (Å²) in [6.07, 6.45) is 1.60. The van der Waals surface area contributed by atoms with Crippen LogP contribution < -0.4 is 10.1 Å². The van der Waals surface area contributed by atoms with Gasteiger partial charge in [0.1, 0.15) is 17.2 Å². The lowest BCUT2D eigenvalue weighted by molar-refractivity contribution is 0.0940. The molecule has 5 heteroatoms. The van der Waals surface area contributed by atoms with Crippen LogP contribution in [0.15, 0.2) is 48.7 Å². The summed E-state index contributed by atoms with van der Waals surface area (Å²) in [4.78, 5) is 15.9. The Morgan fingerprint density at radius 2 is 2.05 bits per heavy atom. The Morgan fingerprint density at radius 1 is 1.29 bits per heavy atom. The van der Waals surface area contributed by atoms with Crippen LogP contribution in [0.3, 0.4) is 0 Å². The van der Waals surface area contributed by atoms with Gasteiger partial charge in [-0.1, -0.05) is 18.2 Å². The second-order valence-electron chi connectivity index (χ2n) is 4.69. The Kier molecular flexibility index (Phi) is 5.29. The molecule has 0 radical (unpaired) electrons. The van der Waals surface area contributed by atoms with Gasteiger partial charge in [-0.2, -0.15) is 0 Å². The lowest BCUT2D eigenvalue weighted by Gasteiger charge is -2.08. The molecule has 0 bridgehead atoms. The van der Waals surface area contributed by atoms with Gasteiger partial charge in [0.15, 0.2) is 0 Å². The first kappa shape index (κ1) is 15.0. The van der Waals surface area contributed by atoms with Crippen molar-refractivity contribution in [2.45, 2.75) is 19.4 Å². The molecular formula is C16H18N2O3. The van der Waals surface area contributed by atoms with Crippen LogP contribution in [-0.4, -0.2) is 28.6 Å². The Bertz CT molecular complexity index is 585. The molecule has 0 spiro atoms. The average Bonchev–Trinajstić information content (AvgIpc) is 2.48. The summed E-state index contributed by atoms with van der Waals surface area (Å²) in [7, 11) is 0. The number of benzene rings is 1. The van der Waals surface area contributed by atoms with Gasteiger partial charge in [-0.25, -0.2) is 0 Å². The van der Waals surface area contributed by atoms with E-state index in [0.717, 1.165) is 0 Å². The van der Waals surface area contributed by atoms with Crippen LogP contribution in [0.25, 0.3) is 0 Å². The number of carbonyl (C=O) groups excluding carboxylic acids is 1. The number of aliphatic hydroxyl groups is 1. The van der Waals surface area contributed by atoms with Crippen molar-refractivity contribution in [1.29, 1.82) is 0 Å². The molecule has 1 heterocycles. The number of pyridine rings is 1. The second-order valence-corrected chi connectivity index (χ2v) is 4.69. The maximum Gasteiger partial charge on any atom is 0.270 e. The molecule has 1 atom stereocenters. The van der Waals surface area contributed by atoms with Gasteiger partial charge in [0.05, 0.1) is 6.10 Å². The smallest absolute Gasteiger partial charge is 0.270 e. The highest BCUT2D eigenvalue weighted by molar-refractivity contribution is 5.92. The van der Waals surface area contributed by atoms with E-state index >= 15 is 0 Å². The molecule has 2 rings (SSSR count). The number of aromatic nitrogens is 1. The van der Waals surface area contributed by atoms with Crippen molar-refractivity contribution in [1.82, 2.24) is 10.3 Å². The Labute approximate surface area is 123 Å². The molecule has 0 aliphatic carbocycles. The zero-order chi connectivity index (χ0) is 15.1. The summed E-state index contributed by atoms with van der Waals surface area (Å²) in [5, 5.41) is 11.9. The first-order valence-corrected chi connectivity index (χ1v) is 6.80. The second kappa shape index (κ2) is 7.40. The van der Waals surface area contributed by atoms with Gasteiger partial charge < -0.3 is 15.2 Å². The molecule has 0 aliphatic heterocycles. The SMILES string of the molecule is CC(O)CCNC(=O)c1cc(Oc2ccccc2)ccn1. The van der Waals surface area contributed by atoms with Gasteiger partial charge in [-0.05, 0) is 31.5 Å². The van der Waals surface area contributed by atoms with Crippen molar-refractivity contribution in [2.24, 2.45) is 0 Å². The van der Waals surface area contributed by atoms with Crippen LogP contribution in [0.2, 0.25) is 0 Å². The van der Waals surface area contributed by atoms with Crippen LogP contribution in [-0.2, 0) is 0 Å². The molecule has 0 fully saturated rings. The third-order valence-corrected chi connectivity index (χ3v) is 2.79. The molecule has 0 aliphatic rings. The number of amides is 1. The highest BCUT2D eigenvalue weighted by Gasteiger charge is 2.09. The first-order chi connectivity index (χ1) is 10.1. The average molecular weight is 286 g/mol. The molecule has 110 valence electrons. The summed E-state index contributed by atoms with van der Waals surface area (Å²) in [5.41, 5.74) is 0.286. The van der Waals surface area contributed by atoms with Crippen LogP contribution >= 0.6 is 0 Å². The van der Waals surface area contributed by atoms with Gasteiger partial charge in [-0.3, -0.25) is 9.78 Å². The van der Waals surface area contributed by atoms with E-state index in [1.807, 2.05) is 30.3 Å².